The van der Waals surface area contributed by atoms with E-state index in [0.29, 0.717) is 37.4 Å². The molecule has 0 aliphatic carbocycles. The van der Waals surface area contributed by atoms with Crippen LogP contribution in [0.4, 0.5) is 23.2 Å². The minimum Gasteiger partial charge on any atom is -0.481 e. The number of hydrogen-bond donors (Lipinski definition) is 2. The SMILES string of the molecule is CC1CCN([C@@H](C(=O)Nc2cc(C[C@H](C)C(=O)O)ccc2F)[C@@H](C)C(F)(F)F)CC1. The Morgan fingerprint density at radius 2 is 1.83 bits per heavy atom. The lowest BCUT2D eigenvalue weighted by Gasteiger charge is -2.39. The van der Waals surface area contributed by atoms with Gasteiger partial charge in [-0.3, -0.25) is 14.5 Å². The first-order valence-electron chi connectivity index (χ1n) is 10.0. The molecule has 0 radical (unpaired) electrons. The lowest BCUT2D eigenvalue weighted by molar-refractivity contribution is -0.189. The molecule has 1 aliphatic heterocycles. The Morgan fingerprint density at radius 1 is 1.23 bits per heavy atom. The number of rotatable bonds is 7. The van der Waals surface area contributed by atoms with Crippen molar-refractivity contribution in [2.24, 2.45) is 17.8 Å². The zero-order valence-corrected chi connectivity index (χ0v) is 17.3. The van der Waals surface area contributed by atoms with E-state index in [1.165, 1.54) is 24.0 Å². The molecule has 1 amide bonds. The number of piperidine rings is 1. The molecule has 1 aromatic carbocycles. The van der Waals surface area contributed by atoms with Gasteiger partial charge in [0.15, 0.2) is 0 Å². The Balaban J connectivity index is 2.25. The van der Waals surface area contributed by atoms with Gasteiger partial charge < -0.3 is 10.4 Å². The molecule has 0 unspecified atom stereocenters. The van der Waals surface area contributed by atoms with Crippen molar-refractivity contribution < 1.29 is 32.3 Å². The van der Waals surface area contributed by atoms with Crippen LogP contribution < -0.4 is 5.32 Å². The average molecular weight is 432 g/mol. The van der Waals surface area contributed by atoms with Crippen LogP contribution in [0, 0.1) is 23.6 Å². The van der Waals surface area contributed by atoms with Gasteiger partial charge in [0, 0.05) is 0 Å². The molecule has 168 valence electrons. The fourth-order valence-electron chi connectivity index (χ4n) is 3.64. The molecular formula is C21H28F4N2O3. The number of aliphatic carboxylic acids is 1. The Morgan fingerprint density at radius 3 is 2.37 bits per heavy atom. The second-order valence-corrected chi connectivity index (χ2v) is 8.24. The van der Waals surface area contributed by atoms with Crippen molar-refractivity contribution in [1.29, 1.82) is 0 Å². The maximum Gasteiger partial charge on any atom is 0.393 e. The molecule has 1 aliphatic rings. The molecule has 9 heteroatoms. The van der Waals surface area contributed by atoms with E-state index in [4.69, 9.17) is 5.11 Å². The average Bonchev–Trinajstić information content (AvgIpc) is 2.65. The first-order chi connectivity index (χ1) is 13.9. The number of carbonyl (C=O) groups excluding carboxylic acids is 1. The Hall–Kier alpha value is -2.16. The fourth-order valence-corrected chi connectivity index (χ4v) is 3.64. The van der Waals surface area contributed by atoms with E-state index in [1.807, 2.05) is 6.92 Å². The smallest absolute Gasteiger partial charge is 0.393 e. The number of hydrogen-bond acceptors (Lipinski definition) is 3. The predicted molar refractivity (Wildman–Crippen MR) is 105 cm³/mol. The number of carboxylic acid groups (broad SMARTS) is 1. The molecule has 3 atom stereocenters. The summed E-state index contributed by atoms with van der Waals surface area (Å²) in [7, 11) is 0. The summed E-state index contributed by atoms with van der Waals surface area (Å²) in [5.74, 6) is -5.02. The molecule has 2 N–H and O–H groups in total. The third-order valence-corrected chi connectivity index (χ3v) is 5.72. The van der Waals surface area contributed by atoms with Gasteiger partial charge in [0.25, 0.3) is 0 Å². The van der Waals surface area contributed by atoms with E-state index in [-0.39, 0.29) is 12.1 Å². The molecule has 1 fully saturated rings. The molecule has 1 aromatic rings. The summed E-state index contributed by atoms with van der Waals surface area (Å²) in [6, 6.07) is 2.27. The number of likely N-dealkylation sites (tertiary alicyclic amines) is 1. The highest BCUT2D eigenvalue weighted by atomic mass is 19.4. The van der Waals surface area contributed by atoms with Crippen molar-refractivity contribution in [2.75, 3.05) is 18.4 Å². The van der Waals surface area contributed by atoms with Crippen LogP contribution in [0.25, 0.3) is 0 Å². The first kappa shape index (κ1) is 24.1. The number of anilines is 1. The zero-order valence-electron chi connectivity index (χ0n) is 17.3. The molecule has 0 bridgehead atoms. The summed E-state index contributed by atoms with van der Waals surface area (Å²) in [4.78, 5) is 25.4. The largest absolute Gasteiger partial charge is 0.481 e. The molecule has 5 nitrogen and oxygen atoms in total. The van der Waals surface area contributed by atoms with Gasteiger partial charge in [-0.1, -0.05) is 26.8 Å². The number of alkyl halides is 3. The molecule has 2 rings (SSSR count). The third-order valence-electron chi connectivity index (χ3n) is 5.72. The van der Waals surface area contributed by atoms with Crippen LogP contribution in [0.2, 0.25) is 0 Å². The maximum absolute atomic E-state index is 14.3. The molecule has 1 saturated heterocycles. The topological polar surface area (TPSA) is 69.6 Å². The van der Waals surface area contributed by atoms with Gasteiger partial charge in [-0.25, -0.2) is 4.39 Å². The molecular weight excluding hydrogens is 404 g/mol. The summed E-state index contributed by atoms with van der Waals surface area (Å²) < 4.78 is 54.6. The highest BCUT2D eigenvalue weighted by molar-refractivity contribution is 5.95. The predicted octanol–water partition coefficient (Wildman–Crippen LogP) is 4.33. The van der Waals surface area contributed by atoms with Gasteiger partial charge in [-0.05, 0) is 56.0 Å². The van der Waals surface area contributed by atoms with E-state index in [2.05, 4.69) is 5.32 Å². The van der Waals surface area contributed by atoms with Crippen LogP contribution in [0.5, 0.6) is 0 Å². The highest BCUT2D eigenvalue weighted by Gasteiger charge is 2.47. The van der Waals surface area contributed by atoms with Crippen LogP contribution in [0.1, 0.15) is 39.2 Å². The number of carboxylic acids is 1. The second kappa shape index (κ2) is 9.76. The standard InChI is InChI=1S/C21H28F4N2O3/c1-12-6-8-27(9-7-12)18(14(3)21(23,24)25)19(28)26-17-11-15(4-5-16(17)22)10-13(2)20(29)30/h4-5,11-14,18H,6-10H2,1-3H3,(H,26,28)(H,29,30)/t13-,14+,18+/m0/s1. The second-order valence-electron chi connectivity index (χ2n) is 8.24. The van der Waals surface area contributed by atoms with Crippen LogP contribution in [-0.2, 0) is 16.0 Å². The summed E-state index contributed by atoms with van der Waals surface area (Å²) in [6.07, 6.45) is -3.11. The van der Waals surface area contributed by atoms with Gasteiger partial charge in [0.2, 0.25) is 5.91 Å². The van der Waals surface area contributed by atoms with Crippen molar-refractivity contribution in [2.45, 2.75) is 52.3 Å². The fraction of sp³-hybridized carbons (Fsp3) is 0.619. The van der Waals surface area contributed by atoms with E-state index in [0.717, 1.165) is 13.0 Å². The number of benzene rings is 1. The number of halogens is 4. The van der Waals surface area contributed by atoms with Gasteiger partial charge in [-0.2, -0.15) is 13.2 Å². The zero-order chi connectivity index (χ0) is 22.6. The van der Waals surface area contributed by atoms with Crippen LogP contribution in [0.15, 0.2) is 18.2 Å². The molecule has 1 heterocycles. The van der Waals surface area contributed by atoms with Gasteiger partial charge in [0.05, 0.1) is 17.5 Å². The Labute approximate surface area is 173 Å². The molecule has 0 spiro atoms. The van der Waals surface area contributed by atoms with Crippen molar-refractivity contribution in [3.63, 3.8) is 0 Å². The summed E-state index contributed by atoms with van der Waals surface area (Å²) in [6.45, 7) is 5.18. The molecule has 0 saturated carbocycles. The number of nitrogens with one attached hydrogen (secondary N) is 1. The summed E-state index contributed by atoms with van der Waals surface area (Å²) in [5.41, 5.74) is 0.216. The minimum atomic E-state index is -4.58. The monoisotopic (exact) mass is 432 g/mol. The van der Waals surface area contributed by atoms with Crippen molar-refractivity contribution in [3.8, 4) is 0 Å². The summed E-state index contributed by atoms with van der Waals surface area (Å²) in [5, 5.41) is 11.3. The lowest BCUT2D eigenvalue weighted by Crippen LogP contribution is -2.54. The normalized spacial score (nSPS) is 19.2. The maximum atomic E-state index is 14.3. The Bertz CT molecular complexity index is 761. The van der Waals surface area contributed by atoms with Gasteiger partial charge >= 0.3 is 12.1 Å². The van der Waals surface area contributed by atoms with Gasteiger partial charge in [0.1, 0.15) is 11.9 Å². The first-order valence-corrected chi connectivity index (χ1v) is 10.0. The van der Waals surface area contributed by atoms with Crippen molar-refractivity contribution >= 4 is 17.6 Å². The van der Waals surface area contributed by atoms with E-state index < -0.39 is 41.7 Å². The summed E-state index contributed by atoms with van der Waals surface area (Å²) >= 11 is 0. The van der Waals surface area contributed by atoms with E-state index >= 15 is 0 Å². The molecule has 0 aromatic heterocycles. The van der Waals surface area contributed by atoms with E-state index in [1.54, 1.807) is 0 Å². The van der Waals surface area contributed by atoms with Crippen LogP contribution in [-0.4, -0.2) is 47.2 Å². The minimum absolute atomic E-state index is 0.102. The van der Waals surface area contributed by atoms with Crippen LogP contribution in [0.3, 0.4) is 0 Å². The number of amides is 1. The molecule has 30 heavy (non-hydrogen) atoms. The highest BCUT2D eigenvalue weighted by Crippen LogP contribution is 2.33. The van der Waals surface area contributed by atoms with Crippen molar-refractivity contribution in [3.05, 3.63) is 29.6 Å². The van der Waals surface area contributed by atoms with Crippen molar-refractivity contribution in [1.82, 2.24) is 4.90 Å². The van der Waals surface area contributed by atoms with Crippen LogP contribution >= 0.6 is 0 Å². The Kier molecular flexibility index (Phi) is 7.85. The quantitative estimate of drug-likeness (QED) is 0.630. The lowest BCUT2D eigenvalue weighted by atomic mass is 9.92. The number of carbonyl (C=O) groups is 2. The number of nitrogens with zero attached hydrogens (tertiary/aromatic N) is 1. The van der Waals surface area contributed by atoms with E-state index in [9.17, 15) is 27.2 Å². The third kappa shape index (κ3) is 6.17. The van der Waals surface area contributed by atoms with Gasteiger partial charge in [-0.15, -0.1) is 0 Å².